The SMILES string of the molecule is CC(C)CCC(CCC(C)C)(C(=O)NC(N)=O)C(=O)NC(N)=O. The Morgan fingerprint density at radius 1 is 0.783 bits per heavy atom. The quantitative estimate of drug-likeness (QED) is 0.497. The number of nitrogens with two attached hydrogens (primary N) is 2. The van der Waals surface area contributed by atoms with Gasteiger partial charge in [-0.25, -0.2) is 9.59 Å². The number of amides is 6. The van der Waals surface area contributed by atoms with Gasteiger partial charge in [0.15, 0.2) is 0 Å². The van der Waals surface area contributed by atoms with Crippen molar-refractivity contribution in [2.45, 2.75) is 53.4 Å². The molecular formula is C15H28N4O4. The van der Waals surface area contributed by atoms with Crippen LogP contribution in [0.2, 0.25) is 0 Å². The molecule has 23 heavy (non-hydrogen) atoms. The molecule has 0 atom stereocenters. The number of nitrogens with one attached hydrogen (secondary N) is 2. The number of urea groups is 2. The van der Waals surface area contributed by atoms with E-state index in [9.17, 15) is 19.2 Å². The molecule has 0 aromatic heterocycles. The zero-order valence-corrected chi connectivity index (χ0v) is 14.3. The first-order valence-corrected chi connectivity index (χ1v) is 7.73. The van der Waals surface area contributed by atoms with Crippen LogP contribution in [0.3, 0.4) is 0 Å². The lowest BCUT2D eigenvalue weighted by Crippen LogP contribution is -2.55. The Labute approximate surface area is 136 Å². The zero-order chi connectivity index (χ0) is 18.2. The summed E-state index contributed by atoms with van der Waals surface area (Å²) in [6, 6.07) is -2.08. The van der Waals surface area contributed by atoms with Gasteiger partial charge in [0.05, 0.1) is 0 Å². The number of hydrogen-bond donors (Lipinski definition) is 4. The highest BCUT2D eigenvalue weighted by Gasteiger charge is 2.46. The molecular weight excluding hydrogens is 300 g/mol. The first kappa shape index (κ1) is 20.9. The second-order valence-electron chi connectivity index (χ2n) is 6.58. The molecule has 8 heteroatoms. The van der Waals surface area contributed by atoms with Gasteiger partial charge < -0.3 is 11.5 Å². The topological polar surface area (TPSA) is 144 Å². The van der Waals surface area contributed by atoms with Crippen molar-refractivity contribution >= 4 is 23.9 Å². The van der Waals surface area contributed by atoms with Crippen molar-refractivity contribution in [3.8, 4) is 0 Å². The Morgan fingerprint density at radius 2 is 1.09 bits per heavy atom. The molecule has 0 bridgehead atoms. The van der Waals surface area contributed by atoms with Crippen LogP contribution in [0.1, 0.15) is 53.4 Å². The van der Waals surface area contributed by atoms with E-state index in [-0.39, 0.29) is 24.7 Å². The minimum atomic E-state index is -1.56. The van der Waals surface area contributed by atoms with Gasteiger partial charge in [0.25, 0.3) is 0 Å². The van der Waals surface area contributed by atoms with Gasteiger partial charge in [-0.1, -0.05) is 27.7 Å². The minimum Gasteiger partial charge on any atom is -0.351 e. The summed E-state index contributed by atoms with van der Waals surface area (Å²) in [4.78, 5) is 47.1. The summed E-state index contributed by atoms with van der Waals surface area (Å²) in [5, 5.41) is 3.94. The number of hydrogen-bond acceptors (Lipinski definition) is 4. The van der Waals surface area contributed by atoms with Crippen LogP contribution in [0.25, 0.3) is 0 Å². The molecule has 0 heterocycles. The lowest BCUT2D eigenvalue weighted by Gasteiger charge is -2.31. The van der Waals surface area contributed by atoms with E-state index >= 15 is 0 Å². The van der Waals surface area contributed by atoms with Crippen LogP contribution in [0.5, 0.6) is 0 Å². The van der Waals surface area contributed by atoms with Gasteiger partial charge in [-0.05, 0) is 37.5 Å². The molecule has 0 saturated carbocycles. The van der Waals surface area contributed by atoms with Crippen LogP contribution in [0.4, 0.5) is 9.59 Å². The first-order chi connectivity index (χ1) is 10.5. The third-order valence-corrected chi connectivity index (χ3v) is 3.64. The molecule has 6 amide bonds. The molecule has 0 unspecified atom stereocenters. The smallest absolute Gasteiger partial charge is 0.318 e. The van der Waals surface area contributed by atoms with Crippen molar-refractivity contribution in [1.82, 2.24) is 10.6 Å². The van der Waals surface area contributed by atoms with Crippen LogP contribution in [-0.2, 0) is 9.59 Å². The Morgan fingerprint density at radius 3 is 1.30 bits per heavy atom. The number of carbonyl (C=O) groups is 4. The van der Waals surface area contributed by atoms with Crippen molar-refractivity contribution in [3.05, 3.63) is 0 Å². The maximum atomic E-state index is 12.5. The van der Waals surface area contributed by atoms with Crippen molar-refractivity contribution in [2.24, 2.45) is 28.7 Å². The van der Waals surface area contributed by atoms with Crippen LogP contribution in [0.15, 0.2) is 0 Å². The predicted molar refractivity (Wildman–Crippen MR) is 86.0 cm³/mol. The molecule has 6 N–H and O–H groups in total. The summed E-state index contributed by atoms with van der Waals surface area (Å²) in [5.74, 6) is -1.14. The molecule has 0 saturated heterocycles. The molecule has 0 aliphatic rings. The standard InChI is InChI=1S/C15H28N4O4/c1-9(2)5-7-15(8-6-10(3)4,11(20)18-13(16)22)12(21)19-14(17)23/h9-10H,5-8H2,1-4H3,(H3,16,18,20,22)(H3,17,19,21,23). The van der Waals surface area contributed by atoms with Gasteiger partial charge in [-0.2, -0.15) is 0 Å². The molecule has 0 radical (unpaired) electrons. The van der Waals surface area contributed by atoms with Gasteiger partial charge in [0, 0.05) is 0 Å². The lowest BCUT2D eigenvalue weighted by atomic mass is 9.74. The third kappa shape index (κ3) is 7.12. The van der Waals surface area contributed by atoms with E-state index in [2.05, 4.69) is 0 Å². The fourth-order valence-corrected chi connectivity index (χ4v) is 2.22. The molecule has 8 nitrogen and oxygen atoms in total. The van der Waals surface area contributed by atoms with Crippen LogP contribution in [-0.4, -0.2) is 23.9 Å². The highest BCUT2D eigenvalue weighted by Crippen LogP contribution is 2.34. The van der Waals surface area contributed by atoms with E-state index in [1.54, 1.807) is 0 Å². The molecule has 0 aliphatic carbocycles. The van der Waals surface area contributed by atoms with E-state index in [1.165, 1.54) is 0 Å². The second-order valence-corrected chi connectivity index (χ2v) is 6.58. The molecule has 0 fully saturated rings. The lowest BCUT2D eigenvalue weighted by molar-refractivity contribution is -0.143. The minimum absolute atomic E-state index is 0.190. The number of carbonyl (C=O) groups excluding carboxylic acids is 4. The Kier molecular flexibility index (Phi) is 8.28. The largest absolute Gasteiger partial charge is 0.351 e. The van der Waals surface area contributed by atoms with Crippen LogP contribution >= 0.6 is 0 Å². The molecule has 0 aromatic rings. The maximum Gasteiger partial charge on any atom is 0.318 e. The van der Waals surface area contributed by atoms with Crippen molar-refractivity contribution in [3.63, 3.8) is 0 Å². The summed E-state index contributed by atoms with van der Waals surface area (Å²) in [6.07, 6.45) is 1.51. The Hall–Kier alpha value is -2.12. The number of primary amides is 2. The van der Waals surface area contributed by atoms with Crippen molar-refractivity contribution in [1.29, 1.82) is 0 Å². The van der Waals surface area contributed by atoms with Gasteiger partial charge in [-0.3, -0.25) is 20.2 Å². The predicted octanol–water partition coefficient (Wildman–Crippen LogP) is 1.24. The zero-order valence-electron chi connectivity index (χ0n) is 14.3. The highest BCUT2D eigenvalue weighted by atomic mass is 16.2. The summed E-state index contributed by atoms with van der Waals surface area (Å²) < 4.78 is 0. The fourth-order valence-electron chi connectivity index (χ4n) is 2.22. The van der Waals surface area contributed by atoms with Crippen molar-refractivity contribution < 1.29 is 19.2 Å². The van der Waals surface area contributed by atoms with Crippen molar-refractivity contribution in [2.75, 3.05) is 0 Å². The molecule has 0 aliphatic heterocycles. The monoisotopic (exact) mass is 328 g/mol. The fraction of sp³-hybridized carbons (Fsp3) is 0.733. The maximum absolute atomic E-state index is 12.5. The Bertz CT molecular complexity index is 418. The first-order valence-electron chi connectivity index (χ1n) is 7.73. The summed E-state index contributed by atoms with van der Waals surface area (Å²) in [5.41, 5.74) is 8.46. The molecule has 0 spiro atoms. The Balaban J connectivity index is 5.65. The number of rotatable bonds is 8. The van der Waals surface area contributed by atoms with E-state index < -0.39 is 29.3 Å². The van der Waals surface area contributed by atoms with Crippen LogP contribution in [0, 0.1) is 17.3 Å². The van der Waals surface area contributed by atoms with Gasteiger partial charge in [0.2, 0.25) is 11.8 Å². The highest BCUT2D eigenvalue weighted by molar-refractivity contribution is 6.12. The second kappa shape index (κ2) is 9.12. The summed E-state index contributed by atoms with van der Waals surface area (Å²) in [7, 11) is 0. The van der Waals surface area contributed by atoms with E-state index in [0.717, 1.165) is 0 Å². The third-order valence-electron chi connectivity index (χ3n) is 3.64. The molecule has 132 valence electrons. The van der Waals surface area contributed by atoms with Gasteiger partial charge in [0.1, 0.15) is 5.41 Å². The van der Waals surface area contributed by atoms with Gasteiger partial charge in [-0.15, -0.1) is 0 Å². The van der Waals surface area contributed by atoms with E-state index in [0.29, 0.717) is 12.8 Å². The normalized spacial score (nSPS) is 11.4. The van der Waals surface area contributed by atoms with E-state index in [1.807, 2.05) is 38.3 Å². The number of imide groups is 2. The molecule has 0 rings (SSSR count). The van der Waals surface area contributed by atoms with Gasteiger partial charge >= 0.3 is 12.1 Å². The van der Waals surface area contributed by atoms with E-state index in [4.69, 9.17) is 11.5 Å². The summed E-state index contributed by atoms with van der Waals surface area (Å²) >= 11 is 0. The average molecular weight is 328 g/mol. The van der Waals surface area contributed by atoms with Crippen LogP contribution < -0.4 is 22.1 Å². The summed E-state index contributed by atoms with van der Waals surface area (Å²) in [6.45, 7) is 7.80. The molecule has 0 aromatic carbocycles. The average Bonchev–Trinajstić information content (AvgIpc) is 2.36.